The Hall–Kier alpha value is -2.00. The summed E-state index contributed by atoms with van der Waals surface area (Å²) in [7, 11) is 7.78. The zero-order valence-corrected chi connectivity index (χ0v) is 26.6. The van der Waals surface area contributed by atoms with E-state index < -0.39 is 6.09 Å². The number of nitrogens with one attached hydrogen (secondary N) is 1. The number of alkyl carbamates (subject to hydrolysis) is 1. The van der Waals surface area contributed by atoms with Crippen LogP contribution >= 0.6 is 0 Å². The number of aromatic nitrogens is 2. The van der Waals surface area contributed by atoms with Crippen molar-refractivity contribution in [3.63, 3.8) is 0 Å². The molecule has 1 heterocycles. The highest BCUT2D eigenvalue weighted by molar-refractivity contribution is 5.67. The maximum absolute atomic E-state index is 12.6. The number of methoxy groups -OCH3 is 1. The quantitative estimate of drug-likeness (QED) is 0.117. The lowest BCUT2D eigenvalue weighted by molar-refractivity contribution is -0.871. The molecule has 0 saturated carbocycles. The molecule has 0 radical (unpaired) electrons. The number of imidazole rings is 1. The lowest BCUT2D eigenvalue weighted by atomic mass is 10.0. The summed E-state index contributed by atoms with van der Waals surface area (Å²) in [6, 6.07) is -0.0972. The van der Waals surface area contributed by atoms with Crippen LogP contribution in [0.5, 0.6) is 5.88 Å². The highest BCUT2D eigenvalue weighted by Crippen LogP contribution is 2.15. The number of nitrogens with zero attached hydrogens (tertiary/aromatic N) is 3. The molecular formula is C31H61N4O5+. The van der Waals surface area contributed by atoms with Crippen LogP contribution in [0.1, 0.15) is 110 Å². The molecule has 0 aliphatic rings. The van der Waals surface area contributed by atoms with Gasteiger partial charge in [-0.2, -0.15) is 0 Å². The number of aryl methyl sites for hydroxylation is 1. The largest absolute Gasteiger partial charge is 0.493 e. The third kappa shape index (κ3) is 16.3. The number of likely N-dealkylation sites (N-methyl/N-ethyl adjacent to an activating group) is 1. The molecule has 0 bridgehead atoms. The van der Waals surface area contributed by atoms with Gasteiger partial charge < -0.3 is 24.4 Å². The molecule has 2 unspecified atom stereocenters. The molecule has 0 spiro atoms. The Kier molecular flexibility index (Phi) is 18.7. The van der Waals surface area contributed by atoms with Gasteiger partial charge in [0.2, 0.25) is 5.88 Å². The molecule has 0 saturated heterocycles. The molecule has 1 amide bonds. The van der Waals surface area contributed by atoms with Crippen LogP contribution < -0.4 is 11.0 Å². The number of carbonyl (C=O) groups excluding carboxylic acids is 1. The van der Waals surface area contributed by atoms with Crippen molar-refractivity contribution in [2.24, 2.45) is 0 Å². The first-order valence-electron chi connectivity index (χ1n) is 15.8. The number of ether oxygens (including phenoxy) is 2. The topological polar surface area (TPSA) is 94.7 Å². The molecule has 0 fully saturated rings. The van der Waals surface area contributed by atoms with Gasteiger partial charge in [0.05, 0.1) is 59.2 Å². The second-order valence-corrected chi connectivity index (χ2v) is 12.3. The minimum absolute atomic E-state index is 0.0401. The van der Waals surface area contributed by atoms with Crippen LogP contribution in [-0.2, 0) is 22.6 Å². The monoisotopic (exact) mass is 569 g/mol. The van der Waals surface area contributed by atoms with Gasteiger partial charge in [0.15, 0.2) is 0 Å². The van der Waals surface area contributed by atoms with Crippen molar-refractivity contribution in [2.75, 3.05) is 41.4 Å². The normalized spacial score (nSPS) is 13.3. The number of unbranched alkanes of at least 4 members (excludes halogenated alkanes) is 12. The van der Waals surface area contributed by atoms with Crippen molar-refractivity contribution in [2.45, 2.75) is 135 Å². The van der Waals surface area contributed by atoms with Crippen LogP contribution in [0.2, 0.25) is 0 Å². The van der Waals surface area contributed by atoms with Gasteiger partial charge in [-0.05, 0) is 19.8 Å². The molecule has 0 aliphatic carbocycles. The van der Waals surface area contributed by atoms with E-state index in [1.807, 2.05) is 28.1 Å². The lowest BCUT2D eigenvalue weighted by Crippen LogP contribution is -2.43. The van der Waals surface area contributed by atoms with Crippen molar-refractivity contribution in [3.8, 4) is 5.88 Å². The summed E-state index contributed by atoms with van der Waals surface area (Å²) >= 11 is 0. The Morgan fingerprint density at radius 3 is 2.00 bits per heavy atom. The summed E-state index contributed by atoms with van der Waals surface area (Å²) in [6.07, 6.45) is 19.3. The molecule has 0 aromatic carbocycles. The summed E-state index contributed by atoms with van der Waals surface area (Å²) < 4.78 is 14.4. The highest BCUT2D eigenvalue weighted by atomic mass is 16.5. The summed E-state index contributed by atoms with van der Waals surface area (Å²) in [5.41, 5.74) is -0.248. The van der Waals surface area contributed by atoms with Crippen molar-refractivity contribution < 1.29 is 23.9 Å². The van der Waals surface area contributed by atoms with E-state index in [-0.39, 0.29) is 30.3 Å². The minimum atomic E-state index is -0.459. The molecule has 1 aromatic heterocycles. The van der Waals surface area contributed by atoms with E-state index in [0.717, 1.165) is 25.8 Å². The maximum Gasteiger partial charge on any atom is 0.407 e. The zero-order valence-electron chi connectivity index (χ0n) is 26.6. The van der Waals surface area contributed by atoms with Crippen molar-refractivity contribution in [3.05, 3.63) is 16.7 Å². The van der Waals surface area contributed by atoms with Gasteiger partial charge in [0.1, 0.15) is 0 Å². The fraction of sp³-hybridized carbons (Fsp3) is 0.871. The van der Waals surface area contributed by atoms with Gasteiger partial charge in [-0.25, -0.2) is 9.59 Å². The Morgan fingerprint density at radius 2 is 1.48 bits per heavy atom. The van der Waals surface area contributed by atoms with Gasteiger partial charge in [-0.15, -0.1) is 0 Å². The second kappa shape index (κ2) is 20.8. The first-order chi connectivity index (χ1) is 19.1. The van der Waals surface area contributed by atoms with Crippen molar-refractivity contribution in [1.29, 1.82) is 0 Å². The molecule has 40 heavy (non-hydrogen) atoms. The Balaban J connectivity index is 2.24. The summed E-state index contributed by atoms with van der Waals surface area (Å²) in [4.78, 5) is 25.0. The van der Waals surface area contributed by atoms with E-state index in [1.54, 1.807) is 7.11 Å². The molecular weight excluding hydrogens is 508 g/mol. The minimum Gasteiger partial charge on any atom is -0.493 e. The molecule has 1 aromatic rings. The standard InChI is InChI=1S/C31H60N4O5/c1-7-8-9-10-11-12-13-14-15-16-17-18-19-21-28(27(2)39-6)32-30(37)40-25-20-22-33-26-29(36)34(31(33)38)23-24-35(3,4)5/h26-28H,7-25H2,1-6H3,(H-,32,36,37)/p+1. The molecule has 1 rings (SSSR count). The molecule has 2 atom stereocenters. The zero-order chi connectivity index (χ0) is 29.8. The van der Waals surface area contributed by atoms with E-state index in [4.69, 9.17) is 9.47 Å². The SMILES string of the molecule is CCCCCCCCCCCCCCCC(NC(=O)OCCCn1cc(O)n(CC[N+](C)(C)C)c1=O)C(C)OC. The first-order valence-corrected chi connectivity index (χ1v) is 15.8. The number of carbonyl (C=O) groups is 1. The third-order valence-corrected chi connectivity index (χ3v) is 7.66. The van der Waals surface area contributed by atoms with Crippen LogP contribution in [0.3, 0.4) is 0 Å². The lowest BCUT2D eigenvalue weighted by Gasteiger charge is -2.24. The predicted octanol–water partition coefficient (Wildman–Crippen LogP) is 6.06. The maximum atomic E-state index is 12.6. The van der Waals surface area contributed by atoms with Gasteiger partial charge in [0, 0.05) is 13.7 Å². The summed E-state index contributed by atoms with van der Waals surface area (Å²) in [6.45, 7) is 5.96. The van der Waals surface area contributed by atoms with E-state index in [1.165, 1.54) is 86.0 Å². The molecule has 2 N–H and O–H groups in total. The van der Waals surface area contributed by atoms with E-state index in [9.17, 15) is 14.7 Å². The van der Waals surface area contributed by atoms with E-state index in [2.05, 4.69) is 12.2 Å². The molecule has 9 heteroatoms. The van der Waals surface area contributed by atoms with Crippen LogP contribution in [0, 0.1) is 0 Å². The summed E-state index contributed by atoms with van der Waals surface area (Å²) in [5.74, 6) is -0.0401. The van der Waals surface area contributed by atoms with Crippen LogP contribution in [0.15, 0.2) is 11.0 Å². The Bertz CT molecular complexity index is 846. The van der Waals surface area contributed by atoms with Gasteiger partial charge in [0.25, 0.3) is 0 Å². The number of aromatic hydroxyl groups is 1. The Morgan fingerprint density at radius 1 is 0.925 bits per heavy atom. The number of amides is 1. The second-order valence-electron chi connectivity index (χ2n) is 12.3. The third-order valence-electron chi connectivity index (χ3n) is 7.66. The molecule has 9 nitrogen and oxygen atoms in total. The van der Waals surface area contributed by atoms with E-state index >= 15 is 0 Å². The van der Waals surface area contributed by atoms with Gasteiger partial charge in [-0.1, -0.05) is 90.4 Å². The average Bonchev–Trinajstić information content (AvgIpc) is 3.18. The fourth-order valence-corrected chi connectivity index (χ4v) is 4.85. The van der Waals surface area contributed by atoms with Gasteiger partial charge >= 0.3 is 11.8 Å². The number of hydrogen-bond donors (Lipinski definition) is 2. The van der Waals surface area contributed by atoms with Gasteiger partial charge in [-0.3, -0.25) is 9.13 Å². The highest BCUT2D eigenvalue weighted by Gasteiger charge is 2.20. The molecule has 234 valence electrons. The first kappa shape index (κ1) is 36.0. The Labute approximate surface area is 243 Å². The number of hydrogen-bond acceptors (Lipinski definition) is 5. The van der Waals surface area contributed by atoms with E-state index in [0.29, 0.717) is 24.0 Å². The van der Waals surface area contributed by atoms with Crippen LogP contribution in [-0.4, -0.2) is 78.4 Å². The van der Waals surface area contributed by atoms with Crippen LogP contribution in [0.25, 0.3) is 0 Å². The van der Waals surface area contributed by atoms with Crippen molar-refractivity contribution in [1.82, 2.24) is 14.5 Å². The predicted molar refractivity (Wildman–Crippen MR) is 163 cm³/mol. The smallest absolute Gasteiger partial charge is 0.407 e. The van der Waals surface area contributed by atoms with Crippen LogP contribution in [0.4, 0.5) is 4.79 Å². The molecule has 0 aliphatic heterocycles. The fourth-order valence-electron chi connectivity index (χ4n) is 4.85. The van der Waals surface area contributed by atoms with Crippen molar-refractivity contribution >= 4 is 6.09 Å². The summed E-state index contributed by atoms with van der Waals surface area (Å²) in [5, 5.41) is 13.1. The number of rotatable bonds is 24. The number of quaternary nitrogens is 1. The average molecular weight is 570 g/mol.